The summed E-state index contributed by atoms with van der Waals surface area (Å²) >= 11 is 5.49. The summed E-state index contributed by atoms with van der Waals surface area (Å²) in [6.07, 6.45) is 2.56. The van der Waals surface area contributed by atoms with Crippen molar-refractivity contribution < 1.29 is 9.66 Å². The van der Waals surface area contributed by atoms with Crippen LogP contribution in [0.25, 0.3) is 0 Å². The first-order valence-corrected chi connectivity index (χ1v) is 13.9. The maximum Gasteiger partial charge on any atom is 0.269 e. The molecule has 0 aliphatic carbocycles. The number of nitro groups is 1. The molecule has 0 aromatic heterocycles. The Morgan fingerprint density at radius 3 is 1.82 bits per heavy atom. The summed E-state index contributed by atoms with van der Waals surface area (Å²) in [5.74, 6) is 0.387. The summed E-state index contributed by atoms with van der Waals surface area (Å²) in [4.78, 5) is 16.9. The number of rotatable bonds is 4. The third kappa shape index (κ3) is 14.0. The Balaban J connectivity index is 0.000000192. The number of piperazine rings is 2. The summed E-state index contributed by atoms with van der Waals surface area (Å²) < 4.78 is 4.94. The molecule has 3 heterocycles. The Kier molecular flexibility index (Phi) is 15.9. The molecule has 3 fully saturated rings. The molecule has 2 aromatic carbocycles. The van der Waals surface area contributed by atoms with E-state index in [1.165, 1.54) is 69.8 Å². The molecule has 9 nitrogen and oxygen atoms in total. The molecule has 2 aromatic rings. The van der Waals surface area contributed by atoms with Crippen LogP contribution < -0.4 is 11.1 Å². The van der Waals surface area contributed by atoms with Gasteiger partial charge in [0.05, 0.1) is 4.92 Å². The lowest BCUT2D eigenvalue weighted by Gasteiger charge is -2.32. The monoisotopic (exact) mass is 548 g/mol. The largest absolute Gasteiger partial charge is 0.399 e. The van der Waals surface area contributed by atoms with Crippen molar-refractivity contribution >= 4 is 23.0 Å². The van der Waals surface area contributed by atoms with Gasteiger partial charge in [0.1, 0.15) is 0 Å². The van der Waals surface area contributed by atoms with Gasteiger partial charge in [-0.15, -0.1) is 11.6 Å². The number of ether oxygens (including phenoxy) is 1. The Hall–Kier alpha value is -2.27. The number of hydrogen-bond donors (Lipinski definition) is 2. The van der Waals surface area contributed by atoms with Gasteiger partial charge >= 0.3 is 0 Å². The number of hydrogen-bond acceptors (Lipinski definition) is 8. The number of non-ortho nitro benzene ring substituents is 1. The molecule has 5 rings (SSSR count). The zero-order valence-corrected chi connectivity index (χ0v) is 23.7. The van der Waals surface area contributed by atoms with Crippen LogP contribution in [0.2, 0.25) is 0 Å². The normalized spacial score (nSPS) is 18.2. The minimum atomic E-state index is -0.433. The highest BCUT2D eigenvalue weighted by molar-refractivity contribution is 6.17. The number of anilines is 1. The van der Waals surface area contributed by atoms with Crippen LogP contribution in [0, 0.1) is 10.1 Å². The molecule has 38 heavy (non-hydrogen) atoms. The van der Waals surface area contributed by atoms with E-state index in [2.05, 4.69) is 46.2 Å². The fraction of sp³-hybridized carbons (Fsp3) is 0.571. The van der Waals surface area contributed by atoms with Gasteiger partial charge < -0.3 is 25.6 Å². The van der Waals surface area contributed by atoms with Crippen LogP contribution in [0.4, 0.5) is 11.4 Å². The number of likely N-dealkylation sites (N-methyl/N-ethyl adjacent to an activating group) is 2. The molecule has 3 aliphatic rings. The van der Waals surface area contributed by atoms with Crippen LogP contribution in [0.3, 0.4) is 0 Å². The molecule has 3 saturated heterocycles. The quantitative estimate of drug-likeness (QED) is 0.258. The number of nitrogens with zero attached hydrogens (tertiary/aromatic N) is 4. The lowest BCUT2D eigenvalue weighted by atomic mass is 10.2. The van der Waals surface area contributed by atoms with Crippen molar-refractivity contribution in [2.45, 2.75) is 25.3 Å². The maximum absolute atomic E-state index is 10.2. The van der Waals surface area contributed by atoms with Crippen molar-refractivity contribution in [2.75, 3.05) is 85.4 Å². The van der Waals surface area contributed by atoms with Crippen LogP contribution >= 0.6 is 11.6 Å². The SMILES string of the molecule is C1CCOC1.CN1CCN(Cc2ccc(N)cc2)CC1.CN1CCNCC1.O=[N+]([O-])c1ccc(CCl)cc1. The minimum Gasteiger partial charge on any atom is -0.399 e. The standard InChI is InChI=1S/C12H19N3.C7H6ClNO2.C5H12N2.C4H8O/c1-14-6-8-15(9-7-14)10-11-2-4-12(13)5-3-11;8-5-6-1-3-7(4-2-6)9(10)11;1-7-4-2-6-3-5-7;1-2-4-5-3-1/h2-5H,6-10,13H2,1H3;1-4H,5H2;6H,2-5H2,1H3;1-4H2. The zero-order valence-electron chi connectivity index (χ0n) is 23.0. The number of benzene rings is 2. The Labute approximate surface area is 233 Å². The van der Waals surface area contributed by atoms with E-state index in [9.17, 15) is 10.1 Å². The average molecular weight is 549 g/mol. The van der Waals surface area contributed by atoms with Crippen molar-refractivity contribution in [3.63, 3.8) is 0 Å². The fourth-order valence-corrected chi connectivity index (χ4v) is 4.06. The van der Waals surface area contributed by atoms with Crippen LogP contribution in [-0.4, -0.2) is 99.3 Å². The van der Waals surface area contributed by atoms with Crippen LogP contribution in [0.1, 0.15) is 24.0 Å². The second-order valence-electron chi connectivity index (χ2n) is 9.75. The first-order valence-electron chi connectivity index (χ1n) is 13.4. The summed E-state index contributed by atoms with van der Waals surface area (Å²) in [7, 11) is 4.33. The van der Waals surface area contributed by atoms with Crippen molar-refractivity contribution in [1.29, 1.82) is 0 Å². The van der Waals surface area contributed by atoms with Crippen molar-refractivity contribution in [1.82, 2.24) is 20.0 Å². The van der Waals surface area contributed by atoms with Gasteiger partial charge in [-0.3, -0.25) is 15.0 Å². The lowest BCUT2D eigenvalue weighted by Crippen LogP contribution is -2.43. The van der Waals surface area contributed by atoms with Gasteiger partial charge in [0.25, 0.3) is 5.69 Å². The van der Waals surface area contributed by atoms with E-state index < -0.39 is 4.92 Å². The third-order valence-electron chi connectivity index (χ3n) is 6.45. The number of nitrogen functional groups attached to an aromatic ring is 1. The maximum atomic E-state index is 10.2. The van der Waals surface area contributed by atoms with E-state index in [0.29, 0.717) is 5.88 Å². The van der Waals surface area contributed by atoms with E-state index in [1.807, 2.05) is 12.1 Å². The Morgan fingerprint density at radius 2 is 1.39 bits per heavy atom. The number of alkyl halides is 1. The van der Waals surface area contributed by atoms with E-state index in [4.69, 9.17) is 22.1 Å². The molecular formula is C28H45ClN6O3. The molecular weight excluding hydrogens is 504 g/mol. The van der Waals surface area contributed by atoms with Crippen LogP contribution in [0.15, 0.2) is 48.5 Å². The molecule has 0 atom stereocenters. The summed E-state index contributed by atoms with van der Waals surface area (Å²) in [5, 5.41) is 13.4. The topological polar surface area (TPSA) is 100 Å². The van der Waals surface area contributed by atoms with E-state index >= 15 is 0 Å². The number of halogens is 1. The molecule has 3 N–H and O–H groups in total. The predicted octanol–water partition coefficient (Wildman–Crippen LogP) is 3.67. The van der Waals surface area contributed by atoms with Gasteiger partial charge in [-0.25, -0.2) is 0 Å². The Bertz CT molecular complexity index is 875. The van der Waals surface area contributed by atoms with E-state index in [-0.39, 0.29) is 5.69 Å². The first-order chi connectivity index (χ1) is 18.4. The van der Waals surface area contributed by atoms with Gasteiger partial charge in [0, 0.05) is 95.8 Å². The molecule has 0 radical (unpaired) electrons. The van der Waals surface area contributed by atoms with Gasteiger partial charge in [-0.2, -0.15) is 0 Å². The molecule has 0 amide bonds. The average Bonchev–Trinajstić information content (AvgIpc) is 3.53. The molecule has 10 heteroatoms. The molecule has 212 valence electrons. The number of nitrogens with two attached hydrogens (primary N) is 1. The third-order valence-corrected chi connectivity index (χ3v) is 6.76. The summed E-state index contributed by atoms with van der Waals surface area (Å²) in [6, 6.07) is 14.4. The first kappa shape index (κ1) is 31.9. The van der Waals surface area contributed by atoms with Crippen molar-refractivity contribution in [2.24, 2.45) is 0 Å². The second-order valence-corrected chi connectivity index (χ2v) is 10.0. The van der Waals surface area contributed by atoms with Gasteiger partial charge in [-0.1, -0.05) is 24.3 Å². The van der Waals surface area contributed by atoms with E-state index in [1.54, 1.807) is 12.1 Å². The number of nitro benzene ring substituents is 1. The highest BCUT2D eigenvalue weighted by Crippen LogP contribution is 2.13. The van der Waals surface area contributed by atoms with Crippen molar-refractivity contribution in [3.05, 3.63) is 69.8 Å². The minimum absolute atomic E-state index is 0.0962. The van der Waals surface area contributed by atoms with Crippen LogP contribution in [0.5, 0.6) is 0 Å². The van der Waals surface area contributed by atoms with Crippen LogP contribution in [-0.2, 0) is 17.2 Å². The molecule has 0 bridgehead atoms. The van der Waals surface area contributed by atoms with Crippen molar-refractivity contribution in [3.8, 4) is 0 Å². The highest BCUT2D eigenvalue weighted by Gasteiger charge is 2.13. The summed E-state index contributed by atoms with van der Waals surface area (Å²) in [5.41, 5.74) is 8.84. The van der Waals surface area contributed by atoms with E-state index in [0.717, 1.165) is 44.1 Å². The summed E-state index contributed by atoms with van der Waals surface area (Å²) in [6.45, 7) is 12.5. The molecule has 0 unspecified atom stereocenters. The van der Waals surface area contributed by atoms with Gasteiger partial charge in [0.15, 0.2) is 0 Å². The second kappa shape index (κ2) is 18.9. The zero-order chi connectivity index (χ0) is 27.6. The lowest BCUT2D eigenvalue weighted by molar-refractivity contribution is -0.384. The Morgan fingerprint density at radius 1 is 0.868 bits per heavy atom. The van der Waals surface area contributed by atoms with Gasteiger partial charge in [0.2, 0.25) is 0 Å². The molecule has 0 spiro atoms. The fourth-order valence-electron chi connectivity index (χ4n) is 3.88. The predicted molar refractivity (Wildman–Crippen MR) is 157 cm³/mol. The van der Waals surface area contributed by atoms with Gasteiger partial charge in [-0.05, 0) is 50.2 Å². The molecule has 0 saturated carbocycles. The number of nitrogens with one attached hydrogen (secondary N) is 1. The highest BCUT2D eigenvalue weighted by atomic mass is 35.5. The smallest absolute Gasteiger partial charge is 0.269 e. The molecule has 3 aliphatic heterocycles.